The van der Waals surface area contributed by atoms with Gasteiger partial charge in [0.1, 0.15) is 35.0 Å². The molecule has 0 radical (unpaired) electrons. The monoisotopic (exact) mass is 710 g/mol. The molecule has 2 aromatic carbocycles. The zero-order chi connectivity index (χ0) is 35.3. The van der Waals surface area contributed by atoms with Gasteiger partial charge in [-0.3, -0.25) is 9.67 Å². The number of hydrogen-bond donors (Lipinski definition) is 1. The number of ether oxygens (including phenoxy) is 1. The molecule has 13 nitrogen and oxygen atoms in total. The van der Waals surface area contributed by atoms with Gasteiger partial charge >= 0.3 is 16.0 Å². The number of benzene rings is 2. The number of hydrogen-bond acceptors (Lipinski definition) is 11. The van der Waals surface area contributed by atoms with Gasteiger partial charge < -0.3 is 15.0 Å². The molecule has 16 heteroatoms. The summed E-state index contributed by atoms with van der Waals surface area (Å²) in [5, 5.41) is 13.0. The van der Waals surface area contributed by atoms with Gasteiger partial charge in [0.25, 0.3) is 0 Å². The van der Waals surface area contributed by atoms with Gasteiger partial charge in [0.15, 0.2) is 10.8 Å². The van der Waals surface area contributed by atoms with Crippen LogP contribution in [0.1, 0.15) is 37.1 Å². The summed E-state index contributed by atoms with van der Waals surface area (Å²) in [6.07, 6.45) is 13.2. The van der Waals surface area contributed by atoms with E-state index < -0.39 is 21.7 Å². The number of piperazine rings is 1. The first kappa shape index (κ1) is 32.7. The Morgan fingerprint density at radius 1 is 1.04 bits per heavy atom. The van der Waals surface area contributed by atoms with Gasteiger partial charge in [-0.25, -0.2) is 13.8 Å². The van der Waals surface area contributed by atoms with Crippen molar-refractivity contribution in [1.29, 1.82) is 0 Å². The summed E-state index contributed by atoms with van der Waals surface area (Å²) in [6.45, 7) is 3.63. The third kappa shape index (κ3) is 6.02. The minimum atomic E-state index is -3.94. The van der Waals surface area contributed by atoms with Crippen LogP contribution in [0.25, 0.3) is 32.9 Å². The highest BCUT2D eigenvalue weighted by Crippen LogP contribution is 2.37. The fourth-order valence-electron chi connectivity index (χ4n) is 6.86. The smallest absolute Gasteiger partial charge is 0.319 e. The highest BCUT2D eigenvalue weighted by atomic mass is 32.2. The Morgan fingerprint density at radius 3 is 2.63 bits per heavy atom. The van der Waals surface area contributed by atoms with Crippen molar-refractivity contribution in [3.05, 3.63) is 78.1 Å². The third-order valence-electron chi connectivity index (χ3n) is 9.28. The number of fused-ring (bicyclic) bond motifs is 4. The number of aryl methyl sites for hydroxylation is 2. The molecule has 6 aromatic rings. The Kier molecular flexibility index (Phi) is 8.31. The number of rotatable bonds is 10. The van der Waals surface area contributed by atoms with Crippen molar-refractivity contribution in [2.75, 3.05) is 24.6 Å². The molecule has 8 rings (SSSR count). The topological polar surface area (TPSA) is 146 Å². The molecule has 0 saturated carbocycles. The molecule has 2 fully saturated rings. The summed E-state index contributed by atoms with van der Waals surface area (Å²) in [6, 6.07) is 10.1. The van der Waals surface area contributed by atoms with Crippen LogP contribution in [0, 0.1) is 30.9 Å². The van der Waals surface area contributed by atoms with E-state index in [-0.39, 0.29) is 34.4 Å². The molecule has 0 amide bonds. The predicted octanol–water partition coefficient (Wildman–Crippen LogP) is 4.24. The van der Waals surface area contributed by atoms with Crippen LogP contribution in [-0.2, 0) is 16.6 Å². The van der Waals surface area contributed by atoms with E-state index in [1.54, 1.807) is 43.6 Å². The number of anilines is 1. The molecule has 260 valence electrons. The lowest BCUT2D eigenvalue weighted by atomic mass is 9.96. The molecule has 2 bridgehead atoms. The minimum Gasteiger partial charge on any atom is -0.463 e. The maximum Gasteiger partial charge on any atom is 0.319 e. The van der Waals surface area contributed by atoms with Gasteiger partial charge in [0.2, 0.25) is 0 Å². The Balaban J connectivity index is 1.06. The van der Waals surface area contributed by atoms with Gasteiger partial charge in [0, 0.05) is 55.1 Å². The van der Waals surface area contributed by atoms with Gasteiger partial charge in [-0.05, 0) is 50.1 Å². The van der Waals surface area contributed by atoms with Crippen LogP contribution in [-0.4, -0.2) is 79.1 Å². The molecule has 1 N–H and O–H groups in total. The molecule has 51 heavy (non-hydrogen) atoms. The Bertz CT molecular complexity index is 2450. The van der Waals surface area contributed by atoms with E-state index in [1.807, 2.05) is 0 Å². The normalized spacial score (nSPS) is 17.3. The zero-order valence-electron chi connectivity index (χ0n) is 27.5. The van der Waals surface area contributed by atoms with Crippen molar-refractivity contribution in [2.45, 2.75) is 56.3 Å². The second-order valence-electron chi connectivity index (χ2n) is 12.7. The van der Waals surface area contributed by atoms with E-state index in [2.05, 4.69) is 41.3 Å². The number of nitrogens with one attached hydrogen (secondary N) is 1. The van der Waals surface area contributed by atoms with Crippen molar-refractivity contribution in [2.24, 2.45) is 0 Å². The van der Waals surface area contributed by atoms with E-state index in [0.717, 1.165) is 23.3 Å². The fourth-order valence-corrected chi connectivity index (χ4v) is 7.89. The summed E-state index contributed by atoms with van der Waals surface area (Å²) >= 11 is 0. The number of aromatic nitrogens is 8. The maximum atomic E-state index is 16.7. The maximum absolute atomic E-state index is 16.7. The van der Waals surface area contributed by atoms with Gasteiger partial charge in [0.05, 0.1) is 17.6 Å². The van der Waals surface area contributed by atoms with Crippen LogP contribution in [0.3, 0.4) is 0 Å². The van der Waals surface area contributed by atoms with Crippen molar-refractivity contribution in [1.82, 2.24) is 44.2 Å². The summed E-state index contributed by atoms with van der Waals surface area (Å²) in [4.78, 5) is 19.8. The van der Waals surface area contributed by atoms with Crippen molar-refractivity contribution < 1.29 is 21.9 Å². The molecule has 6 heterocycles. The van der Waals surface area contributed by atoms with Crippen molar-refractivity contribution >= 4 is 37.5 Å². The molecule has 2 saturated heterocycles. The molecule has 2 atom stereocenters. The number of nitrogens with zero attached hydrogens (tertiary/aromatic N) is 9. The molecule has 2 aliphatic heterocycles. The zero-order valence-corrected chi connectivity index (χ0v) is 28.3. The number of terminal acetylenes is 1. The summed E-state index contributed by atoms with van der Waals surface area (Å²) in [7, 11) is -3.94. The molecule has 2 unspecified atom stereocenters. The van der Waals surface area contributed by atoms with Crippen LogP contribution in [0.5, 0.6) is 6.01 Å². The molecule has 0 spiro atoms. The van der Waals surface area contributed by atoms with E-state index >= 15 is 4.39 Å². The van der Waals surface area contributed by atoms with Crippen LogP contribution >= 0.6 is 0 Å². The first-order valence-corrected chi connectivity index (χ1v) is 18.0. The highest BCUT2D eigenvalue weighted by molar-refractivity contribution is 7.89. The van der Waals surface area contributed by atoms with E-state index in [4.69, 9.17) is 16.1 Å². The van der Waals surface area contributed by atoms with E-state index in [0.29, 0.717) is 77.9 Å². The standard InChI is InChI=1S/C35H32F2N10O3S/c1-3-25-28(36)12-9-22-7-6-8-26(30(22)25)32-31(37)33-27(17-38-32)34(45-18-23-10-11-24(19-45)40-23)42-35(41-33)50-16-5-4-14-46-15-13-29(44-46)51(48,49)47-20-39-21(2)43-47/h1,6-9,12-13,15,17,20,23-24,40H,4-5,10-11,14,16,18-19H2,2H3. The second-order valence-corrected chi connectivity index (χ2v) is 14.4. The van der Waals surface area contributed by atoms with Gasteiger partial charge in [-0.2, -0.15) is 23.5 Å². The van der Waals surface area contributed by atoms with E-state index in [9.17, 15) is 12.8 Å². The SMILES string of the molecule is C#Cc1c(F)ccc2cccc(-c3ncc4c(N5CC6CCC(C5)N6)nc(OCCCCn5ccc(S(=O)(=O)n6cnc(C)n6)n5)nc4c3F)c12. The lowest BCUT2D eigenvalue weighted by Crippen LogP contribution is -2.51. The van der Waals surface area contributed by atoms with E-state index in [1.165, 1.54) is 16.8 Å². The first-order valence-electron chi connectivity index (χ1n) is 16.5. The van der Waals surface area contributed by atoms with Crippen LogP contribution in [0.15, 0.2) is 60.1 Å². The van der Waals surface area contributed by atoms with Crippen molar-refractivity contribution in [3.8, 4) is 29.6 Å². The van der Waals surface area contributed by atoms with Gasteiger partial charge in [-0.1, -0.05) is 30.2 Å². The lowest BCUT2D eigenvalue weighted by molar-refractivity contribution is 0.280. The van der Waals surface area contributed by atoms with Gasteiger partial charge in [-0.15, -0.1) is 15.6 Å². The number of unbranched alkanes of at least 4 members (excludes halogenated alkanes) is 1. The molecule has 4 aromatic heterocycles. The fraction of sp³-hybridized carbons (Fsp3) is 0.314. The summed E-state index contributed by atoms with van der Waals surface area (Å²) in [5.41, 5.74) is 0.416. The minimum absolute atomic E-state index is 0.00857. The highest BCUT2D eigenvalue weighted by Gasteiger charge is 2.34. The third-order valence-corrected chi connectivity index (χ3v) is 10.7. The summed E-state index contributed by atoms with van der Waals surface area (Å²) in [5.74, 6) is 2.02. The van der Waals surface area contributed by atoms with Crippen molar-refractivity contribution in [3.63, 3.8) is 0 Å². The molecule has 2 aliphatic rings. The number of halogens is 2. The first-order chi connectivity index (χ1) is 24.7. The average Bonchev–Trinajstić information content (AvgIpc) is 3.88. The Labute approximate surface area is 291 Å². The predicted molar refractivity (Wildman–Crippen MR) is 185 cm³/mol. The molecular formula is C35H32F2N10O3S. The Hall–Kier alpha value is -5.53. The average molecular weight is 711 g/mol. The molecule has 0 aliphatic carbocycles. The van der Waals surface area contributed by atoms with Crippen LogP contribution < -0.4 is 15.0 Å². The van der Waals surface area contributed by atoms with Crippen LogP contribution in [0.4, 0.5) is 14.6 Å². The largest absolute Gasteiger partial charge is 0.463 e. The summed E-state index contributed by atoms with van der Waals surface area (Å²) < 4.78 is 65.4. The second kappa shape index (κ2) is 13.0. The molecular weight excluding hydrogens is 679 g/mol. The Morgan fingerprint density at radius 2 is 1.86 bits per heavy atom. The lowest BCUT2D eigenvalue weighted by Gasteiger charge is -2.34. The quantitative estimate of drug-likeness (QED) is 0.161. The van der Waals surface area contributed by atoms with Crippen LogP contribution in [0.2, 0.25) is 0 Å². The number of pyridine rings is 1.